The van der Waals surface area contributed by atoms with Gasteiger partial charge >= 0.3 is 0 Å². The molecule has 0 aliphatic carbocycles. The summed E-state index contributed by atoms with van der Waals surface area (Å²) in [5, 5.41) is 15.1. The molecule has 0 fully saturated rings. The maximum absolute atomic E-state index is 12.6. The number of carbonyl (C=O) groups excluding carboxylic acids is 2. The van der Waals surface area contributed by atoms with Crippen molar-refractivity contribution in [2.24, 2.45) is 0 Å². The van der Waals surface area contributed by atoms with Crippen LogP contribution in [0.1, 0.15) is 22.3 Å². The third-order valence-corrected chi connectivity index (χ3v) is 5.28. The van der Waals surface area contributed by atoms with E-state index in [0.717, 1.165) is 22.4 Å². The Kier molecular flexibility index (Phi) is 8.25. The summed E-state index contributed by atoms with van der Waals surface area (Å²) in [6.45, 7) is 5.54. The van der Waals surface area contributed by atoms with Gasteiger partial charge < -0.3 is 20.1 Å². The molecule has 0 radical (unpaired) electrons. The van der Waals surface area contributed by atoms with Crippen molar-refractivity contribution >= 4 is 29.3 Å². The maximum Gasteiger partial charge on any atom is 0.266 e. The van der Waals surface area contributed by atoms with Gasteiger partial charge in [0.25, 0.3) is 11.8 Å². The molecule has 178 valence electrons. The minimum atomic E-state index is -0.510. The van der Waals surface area contributed by atoms with E-state index >= 15 is 0 Å². The quantitative estimate of drug-likeness (QED) is 0.350. The highest BCUT2D eigenvalue weighted by atomic mass is 16.5. The highest BCUT2D eigenvalue weighted by Gasteiger charge is 2.13. The number of amides is 2. The van der Waals surface area contributed by atoms with Crippen molar-refractivity contribution in [2.75, 3.05) is 24.4 Å². The monoisotopic (exact) mass is 469 g/mol. The van der Waals surface area contributed by atoms with E-state index in [1.54, 1.807) is 24.3 Å². The lowest BCUT2D eigenvalue weighted by atomic mass is 10.1. The number of rotatable bonds is 8. The molecule has 0 saturated heterocycles. The first-order chi connectivity index (χ1) is 16.8. The number of anilines is 2. The average Bonchev–Trinajstić information content (AvgIpc) is 2.85. The fourth-order valence-electron chi connectivity index (χ4n) is 3.31. The summed E-state index contributed by atoms with van der Waals surface area (Å²) in [7, 11) is 1.47. The summed E-state index contributed by atoms with van der Waals surface area (Å²) in [5.74, 6) is -0.0768. The molecule has 0 saturated carbocycles. The Bertz CT molecular complexity index is 1320. The van der Waals surface area contributed by atoms with Crippen molar-refractivity contribution in [1.29, 1.82) is 5.26 Å². The van der Waals surface area contributed by atoms with Crippen LogP contribution < -0.4 is 20.1 Å². The van der Waals surface area contributed by atoms with Crippen molar-refractivity contribution in [2.45, 2.75) is 20.8 Å². The zero-order valence-corrected chi connectivity index (χ0v) is 20.1. The number of para-hydroxylation sites is 1. The largest absolute Gasteiger partial charge is 0.493 e. The molecule has 0 unspecified atom stereocenters. The van der Waals surface area contributed by atoms with Crippen molar-refractivity contribution in [3.63, 3.8) is 0 Å². The van der Waals surface area contributed by atoms with E-state index < -0.39 is 5.91 Å². The molecule has 0 spiro atoms. The van der Waals surface area contributed by atoms with Gasteiger partial charge in [0.15, 0.2) is 18.1 Å². The van der Waals surface area contributed by atoms with Crippen molar-refractivity contribution in [3.8, 4) is 17.6 Å². The van der Waals surface area contributed by atoms with Crippen LogP contribution in [0.5, 0.6) is 11.5 Å². The van der Waals surface area contributed by atoms with Crippen LogP contribution in [0.15, 0.2) is 66.2 Å². The highest BCUT2D eigenvalue weighted by Crippen LogP contribution is 2.29. The molecular formula is C28H27N3O4. The predicted molar refractivity (Wildman–Crippen MR) is 136 cm³/mol. The van der Waals surface area contributed by atoms with Crippen molar-refractivity contribution in [1.82, 2.24) is 0 Å². The molecular weight excluding hydrogens is 442 g/mol. The number of nitrogens with one attached hydrogen (secondary N) is 2. The normalized spacial score (nSPS) is 10.8. The molecule has 3 rings (SSSR count). The first-order valence-electron chi connectivity index (χ1n) is 11.0. The topological polar surface area (TPSA) is 100 Å². The molecule has 3 aromatic rings. The number of nitriles is 1. The molecule has 2 N–H and O–H groups in total. The molecule has 7 heteroatoms. The number of nitrogens with zero attached hydrogens (tertiary/aromatic N) is 1. The van der Waals surface area contributed by atoms with E-state index in [0.29, 0.717) is 22.7 Å². The van der Waals surface area contributed by atoms with E-state index in [2.05, 4.69) is 10.6 Å². The Labute approximate surface area is 205 Å². The lowest BCUT2D eigenvalue weighted by molar-refractivity contribution is -0.118. The van der Waals surface area contributed by atoms with E-state index in [4.69, 9.17) is 9.47 Å². The zero-order valence-electron chi connectivity index (χ0n) is 20.1. The molecule has 35 heavy (non-hydrogen) atoms. The molecule has 0 heterocycles. The van der Waals surface area contributed by atoms with Crippen LogP contribution in [0, 0.1) is 32.1 Å². The summed E-state index contributed by atoms with van der Waals surface area (Å²) >= 11 is 0. The lowest BCUT2D eigenvalue weighted by Crippen LogP contribution is -2.20. The van der Waals surface area contributed by atoms with Crippen LogP contribution >= 0.6 is 0 Å². The van der Waals surface area contributed by atoms with Crippen molar-refractivity contribution in [3.05, 3.63) is 88.5 Å². The maximum atomic E-state index is 12.6. The number of hydrogen-bond donors (Lipinski definition) is 2. The lowest BCUT2D eigenvalue weighted by Gasteiger charge is -2.13. The second kappa shape index (κ2) is 11.5. The second-order valence-electron chi connectivity index (χ2n) is 8.00. The van der Waals surface area contributed by atoms with Crippen LogP contribution in [-0.2, 0) is 9.59 Å². The van der Waals surface area contributed by atoms with Crippen LogP contribution in [-0.4, -0.2) is 25.5 Å². The minimum Gasteiger partial charge on any atom is -0.493 e. The third-order valence-electron chi connectivity index (χ3n) is 5.28. The van der Waals surface area contributed by atoms with Gasteiger partial charge in [-0.2, -0.15) is 5.26 Å². The molecule has 3 aromatic carbocycles. The Morgan fingerprint density at radius 1 is 0.914 bits per heavy atom. The molecule has 0 aromatic heterocycles. The summed E-state index contributed by atoms with van der Waals surface area (Å²) in [6, 6.07) is 20.0. The van der Waals surface area contributed by atoms with Crippen LogP contribution in [0.3, 0.4) is 0 Å². The summed E-state index contributed by atoms with van der Waals surface area (Å²) < 4.78 is 11.0. The molecule has 7 nitrogen and oxygen atoms in total. The van der Waals surface area contributed by atoms with E-state index in [9.17, 15) is 14.9 Å². The van der Waals surface area contributed by atoms with Crippen molar-refractivity contribution < 1.29 is 19.1 Å². The number of carbonyl (C=O) groups is 2. The van der Waals surface area contributed by atoms with Crippen LogP contribution in [0.2, 0.25) is 0 Å². The smallest absolute Gasteiger partial charge is 0.266 e. The Hall–Kier alpha value is -4.57. The van der Waals surface area contributed by atoms with E-state index in [1.807, 2.05) is 63.2 Å². The first-order valence-corrected chi connectivity index (χ1v) is 11.0. The van der Waals surface area contributed by atoms with E-state index in [1.165, 1.54) is 13.2 Å². The van der Waals surface area contributed by atoms with Gasteiger partial charge in [-0.15, -0.1) is 0 Å². The van der Waals surface area contributed by atoms with Gasteiger partial charge in [-0.25, -0.2) is 0 Å². The third kappa shape index (κ3) is 6.71. The summed E-state index contributed by atoms with van der Waals surface area (Å²) in [5.41, 5.74) is 4.78. The summed E-state index contributed by atoms with van der Waals surface area (Å²) in [4.78, 5) is 25.0. The molecule has 0 aliphatic heterocycles. The number of methoxy groups -OCH3 is 1. The Morgan fingerprint density at radius 2 is 1.66 bits per heavy atom. The Balaban J connectivity index is 1.69. The summed E-state index contributed by atoms with van der Waals surface area (Å²) in [6.07, 6.45) is 1.47. The fraction of sp³-hybridized carbons (Fsp3) is 0.179. The van der Waals surface area contributed by atoms with Gasteiger partial charge in [-0.1, -0.05) is 36.4 Å². The van der Waals surface area contributed by atoms with E-state index in [-0.39, 0.29) is 18.1 Å². The van der Waals surface area contributed by atoms with Gasteiger partial charge in [0.1, 0.15) is 11.6 Å². The molecule has 0 atom stereocenters. The van der Waals surface area contributed by atoms with Gasteiger partial charge in [0, 0.05) is 11.4 Å². The highest BCUT2D eigenvalue weighted by molar-refractivity contribution is 6.10. The van der Waals surface area contributed by atoms with Crippen LogP contribution in [0.4, 0.5) is 11.4 Å². The average molecular weight is 470 g/mol. The van der Waals surface area contributed by atoms with Crippen LogP contribution in [0.25, 0.3) is 6.08 Å². The fourth-order valence-corrected chi connectivity index (χ4v) is 3.31. The number of benzene rings is 3. The number of hydrogen-bond acceptors (Lipinski definition) is 5. The first kappa shape index (κ1) is 25.1. The van der Waals surface area contributed by atoms with Gasteiger partial charge in [-0.3, -0.25) is 9.59 Å². The predicted octanol–water partition coefficient (Wildman–Crippen LogP) is 5.18. The SMILES string of the molecule is COc1cc(/C=C(/C#N)C(=O)Nc2ccccc2C)ccc1OCC(=O)Nc1cc(C)ccc1C. The minimum absolute atomic E-state index is 0.0584. The van der Waals surface area contributed by atoms with Gasteiger partial charge in [0.2, 0.25) is 0 Å². The molecule has 0 bridgehead atoms. The molecule has 2 amide bonds. The Morgan fingerprint density at radius 3 is 2.37 bits per heavy atom. The molecule has 0 aliphatic rings. The van der Waals surface area contributed by atoms with Gasteiger partial charge in [0.05, 0.1) is 7.11 Å². The zero-order chi connectivity index (χ0) is 25.4. The standard InChI is InChI=1S/C28H27N3O4/c1-18-9-10-20(3)24(13-18)30-27(32)17-35-25-12-11-21(15-26(25)34-4)14-22(16-29)28(33)31-23-8-6-5-7-19(23)2/h5-15H,17H2,1-4H3,(H,30,32)(H,31,33)/b22-14-. The number of aryl methyl sites for hydroxylation is 3. The second-order valence-corrected chi connectivity index (χ2v) is 8.00. The van der Waals surface area contributed by atoms with Gasteiger partial charge in [-0.05, 0) is 73.4 Å². The number of ether oxygens (including phenoxy) is 2.